The van der Waals surface area contributed by atoms with Crippen LogP contribution >= 0.6 is 0 Å². The van der Waals surface area contributed by atoms with Crippen molar-refractivity contribution in [1.29, 1.82) is 0 Å². The zero-order valence-corrected chi connectivity index (χ0v) is 9.08. The van der Waals surface area contributed by atoms with Gasteiger partial charge in [-0.3, -0.25) is 10.1 Å². The molecule has 0 aliphatic rings. The summed E-state index contributed by atoms with van der Waals surface area (Å²) in [5, 5.41) is 13.6. The highest BCUT2D eigenvalue weighted by Gasteiger charge is 2.24. The third kappa shape index (κ3) is 2.83. The maximum absolute atomic E-state index is 11.4. The number of esters is 1. The number of methoxy groups -OCH3 is 1. The first kappa shape index (κ1) is 12.8. The van der Waals surface area contributed by atoms with Crippen LogP contribution < -0.4 is 0 Å². The predicted molar refractivity (Wildman–Crippen MR) is 58.8 cm³/mol. The van der Waals surface area contributed by atoms with Crippen molar-refractivity contribution >= 4 is 11.7 Å². The third-order valence-electron chi connectivity index (χ3n) is 2.18. The number of benzene rings is 1. The van der Waals surface area contributed by atoms with Crippen molar-refractivity contribution in [1.82, 2.24) is 0 Å². The second-order valence-corrected chi connectivity index (χ2v) is 3.16. The Labute approximate surface area is 96.5 Å². The normalized spacial score (nSPS) is 9.71. The lowest BCUT2D eigenvalue weighted by Gasteiger charge is -2.05. The average Bonchev–Trinajstić information content (AvgIpc) is 2.34. The van der Waals surface area contributed by atoms with Gasteiger partial charge in [-0.25, -0.2) is 4.79 Å². The Morgan fingerprint density at radius 3 is 2.76 bits per heavy atom. The summed E-state index contributed by atoms with van der Waals surface area (Å²) >= 11 is 0. The molecule has 90 valence electrons. The van der Waals surface area contributed by atoms with Crippen LogP contribution in [0.2, 0.25) is 0 Å². The fourth-order valence-electron chi connectivity index (χ4n) is 1.45. The zero-order valence-electron chi connectivity index (χ0n) is 9.08. The molecule has 0 N–H and O–H groups in total. The molecular formula is C10H10N2O5. The lowest BCUT2D eigenvalue weighted by Crippen LogP contribution is -2.08. The molecule has 0 aliphatic heterocycles. The highest BCUT2D eigenvalue weighted by Crippen LogP contribution is 2.25. The molecule has 0 spiro atoms. The molecule has 1 rings (SSSR count). The molecule has 0 saturated heterocycles. The van der Waals surface area contributed by atoms with Crippen molar-refractivity contribution in [2.75, 3.05) is 13.7 Å². The highest BCUT2D eigenvalue weighted by molar-refractivity contribution is 5.94. The molecule has 0 radical (unpaired) electrons. The lowest BCUT2D eigenvalue weighted by atomic mass is 10.0. The number of nitro groups is 1. The quantitative estimate of drug-likeness (QED) is 0.336. The number of nitrogens with zero attached hydrogens (tertiary/aromatic N) is 2. The molecule has 0 atom stereocenters. The van der Waals surface area contributed by atoms with Gasteiger partial charge in [-0.05, 0) is 6.07 Å². The molecule has 0 amide bonds. The van der Waals surface area contributed by atoms with Gasteiger partial charge in [0.25, 0.3) is 5.69 Å². The molecule has 0 saturated carbocycles. The number of nitroso groups, excluding NO2 is 1. The van der Waals surface area contributed by atoms with Gasteiger partial charge in [-0.15, -0.1) is 0 Å². The van der Waals surface area contributed by atoms with E-state index in [1.54, 1.807) is 0 Å². The fourth-order valence-corrected chi connectivity index (χ4v) is 1.45. The predicted octanol–water partition coefficient (Wildman–Crippen LogP) is 1.69. The molecule has 0 bridgehead atoms. The van der Waals surface area contributed by atoms with Gasteiger partial charge in [0.1, 0.15) is 5.56 Å². The second-order valence-electron chi connectivity index (χ2n) is 3.16. The smallest absolute Gasteiger partial charge is 0.344 e. The first-order chi connectivity index (χ1) is 8.11. The Hall–Kier alpha value is -2.31. The number of carbonyl (C=O) groups excluding carboxylic acids is 1. The van der Waals surface area contributed by atoms with Crippen molar-refractivity contribution in [2.24, 2.45) is 5.18 Å². The number of ether oxygens (including phenoxy) is 1. The van der Waals surface area contributed by atoms with Crippen LogP contribution in [0.25, 0.3) is 0 Å². The van der Waals surface area contributed by atoms with E-state index in [1.165, 1.54) is 18.2 Å². The number of carbonyl (C=O) groups is 1. The molecule has 1 aromatic carbocycles. The fraction of sp³-hybridized carbons (Fsp3) is 0.300. The van der Waals surface area contributed by atoms with Gasteiger partial charge < -0.3 is 4.74 Å². The molecular weight excluding hydrogens is 228 g/mol. The molecule has 0 aliphatic carbocycles. The summed E-state index contributed by atoms with van der Waals surface area (Å²) in [7, 11) is 1.14. The minimum atomic E-state index is -0.780. The van der Waals surface area contributed by atoms with Crippen LogP contribution in [0.15, 0.2) is 23.4 Å². The van der Waals surface area contributed by atoms with Crippen LogP contribution in [0.5, 0.6) is 0 Å². The van der Waals surface area contributed by atoms with Gasteiger partial charge >= 0.3 is 5.97 Å². The summed E-state index contributed by atoms with van der Waals surface area (Å²) in [5.41, 5.74) is -0.165. The number of nitro benzene ring substituents is 1. The highest BCUT2D eigenvalue weighted by atomic mass is 16.6. The van der Waals surface area contributed by atoms with Gasteiger partial charge in [0.2, 0.25) is 0 Å². The molecule has 7 nitrogen and oxygen atoms in total. The summed E-state index contributed by atoms with van der Waals surface area (Å²) in [5.74, 6) is -0.780. The van der Waals surface area contributed by atoms with Crippen molar-refractivity contribution < 1.29 is 14.5 Å². The summed E-state index contributed by atoms with van der Waals surface area (Å²) in [6.45, 7) is -0.0779. The van der Waals surface area contributed by atoms with E-state index in [1.807, 2.05) is 0 Å². The van der Waals surface area contributed by atoms with E-state index < -0.39 is 10.9 Å². The van der Waals surface area contributed by atoms with E-state index in [0.29, 0.717) is 0 Å². The van der Waals surface area contributed by atoms with Gasteiger partial charge in [0.05, 0.1) is 18.6 Å². The first-order valence-corrected chi connectivity index (χ1v) is 4.75. The topological polar surface area (TPSA) is 98.9 Å². The summed E-state index contributed by atoms with van der Waals surface area (Å²) < 4.78 is 4.46. The molecule has 0 unspecified atom stereocenters. The van der Waals surface area contributed by atoms with E-state index >= 15 is 0 Å². The average molecular weight is 238 g/mol. The lowest BCUT2D eigenvalue weighted by molar-refractivity contribution is -0.385. The van der Waals surface area contributed by atoms with E-state index in [2.05, 4.69) is 9.91 Å². The van der Waals surface area contributed by atoms with Crippen molar-refractivity contribution in [2.45, 2.75) is 6.42 Å². The van der Waals surface area contributed by atoms with E-state index in [0.717, 1.165) is 7.11 Å². The third-order valence-corrected chi connectivity index (χ3v) is 2.18. The summed E-state index contributed by atoms with van der Waals surface area (Å²) in [4.78, 5) is 31.6. The van der Waals surface area contributed by atoms with E-state index in [-0.39, 0.29) is 29.8 Å². The summed E-state index contributed by atoms with van der Waals surface area (Å²) in [6, 6.07) is 4.29. The van der Waals surface area contributed by atoms with Crippen LogP contribution in [-0.2, 0) is 11.2 Å². The second kappa shape index (κ2) is 5.69. The van der Waals surface area contributed by atoms with Crippen LogP contribution in [0.4, 0.5) is 5.69 Å². The van der Waals surface area contributed by atoms with E-state index in [9.17, 15) is 19.8 Å². The minimum Gasteiger partial charge on any atom is -0.465 e. The van der Waals surface area contributed by atoms with Crippen LogP contribution in [0, 0.1) is 15.0 Å². The van der Waals surface area contributed by atoms with Gasteiger partial charge in [-0.2, -0.15) is 4.91 Å². The molecule has 7 heteroatoms. The molecule has 0 aromatic heterocycles. The molecule has 17 heavy (non-hydrogen) atoms. The van der Waals surface area contributed by atoms with Crippen LogP contribution in [-0.4, -0.2) is 24.5 Å². The first-order valence-electron chi connectivity index (χ1n) is 4.75. The maximum Gasteiger partial charge on any atom is 0.344 e. The Morgan fingerprint density at radius 2 is 2.24 bits per heavy atom. The number of para-hydroxylation sites is 1. The minimum absolute atomic E-state index is 0.0779. The Kier molecular flexibility index (Phi) is 4.27. The molecule has 1 aromatic rings. The standard InChI is InChI=1S/C10H10N2O5/c1-17-10(13)8-4-2-3-7(5-6-11-14)9(8)12(15)16/h2-4H,5-6H2,1H3. The molecule has 0 heterocycles. The SMILES string of the molecule is COC(=O)c1cccc(CCN=O)c1[N+](=O)[O-]. The number of rotatable bonds is 5. The van der Waals surface area contributed by atoms with Crippen molar-refractivity contribution in [3.8, 4) is 0 Å². The molecule has 0 fully saturated rings. The number of hydrogen-bond donors (Lipinski definition) is 0. The Balaban J connectivity index is 3.26. The monoisotopic (exact) mass is 238 g/mol. The van der Waals surface area contributed by atoms with Gasteiger partial charge in [0, 0.05) is 12.0 Å². The largest absolute Gasteiger partial charge is 0.465 e. The van der Waals surface area contributed by atoms with Crippen molar-refractivity contribution in [3.05, 3.63) is 44.3 Å². The van der Waals surface area contributed by atoms with Gasteiger partial charge in [0.15, 0.2) is 0 Å². The Morgan fingerprint density at radius 1 is 1.53 bits per heavy atom. The van der Waals surface area contributed by atoms with E-state index in [4.69, 9.17) is 0 Å². The van der Waals surface area contributed by atoms with Crippen LogP contribution in [0.1, 0.15) is 15.9 Å². The maximum atomic E-state index is 11.4. The zero-order chi connectivity index (χ0) is 12.8. The Bertz CT molecular complexity index is 458. The summed E-state index contributed by atoms with van der Waals surface area (Å²) in [6.07, 6.45) is 0.116. The van der Waals surface area contributed by atoms with Crippen molar-refractivity contribution in [3.63, 3.8) is 0 Å². The van der Waals surface area contributed by atoms with Crippen LogP contribution in [0.3, 0.4) is 0 Å². The number of hydrogen-bond acceptors (Lipinski definition) is 6. The van der Waals surface area contributed by atoms with Gasteiger partial charge in [-0.1, -0.05) is 17.3 Å².